The number of nitrogens with one attached hydrogen (secondary N) is 2. The van der Waals surface area contributed by atoms with Crippen LogP contribution in [0.25, 0.3) is 0 Å². The molecule has 0 aliphatic carbocycles. The van der Waals surface area contributed by atoms with Crippen LogP contribution in [0.4, 0.5) is 19.0 Å². The largest absolute Gasteiger partial charge is 0.405 e. The van der Waals surface area contributed by atoms with Crippen LogP contribution in [0.15, 0.2) is 24.4 Å². The van der Waals surface area contributed by atoms with E-state index in [1.165, 1.54) is 0 Å². The van der Waals surface area contributed by atoms with Gasteiger partial charge in [-0.05, 0) is 18.6 Å². The van der Waals surface area contributed by atoms with Gasteiger partial charge in [0.05, 0.1) is 0 Å². The molecule has 0 bridgehead atoms. The van der Waals surface area contributed by atoms with E-state index < -0.39 is 12.2 Å². The first kappa shape index (κ1) is 15.5. The van der Waals surface area contributed by atoms with Crippen molar-refractivity contribution < 1.29 is 13.2 Å². The molecule has 8 heteroatoms. The first-order valence-corrected chi connectivity index (χ1v) is 7.48. The molecule has 2 aliphatic heterocycles. The third-order valence-electron chi connectivity index (χ3n) is 4.20. The lowest BCUT2D eigenvalue weighted by Gasteiger charge is -2.36. The topological polar surface area (TPSA) is 43.4 Å². The molecule has 1 aromatic heterocycles. The molecule has 5 nitrogen and oxygen atoms in total. The highest BCUT2D eigenvalue weighted by Crippen LogP contribution is 2.26. The van der Waals surface area contributed by atoms with Gasteiger partial charge in [-0.2, -0.15) is 13.2 Å². The highest BCUT2D eigenvalue weighted by Gasteiger charge is 2.44. The molecule has 2 atom stereocenters. The molecule has 0 aromatic carbocycles. The summed E-state index contributed by atoms with van der Waals surface area (Å²) in [5, 5.41) is 0. The van der Waals surface area contributed by atoms with Crippen LogP contribution in [0.5, 0.6) is 0 Å². The van der Waals surface area contributed by atoms with Crippen molar-refractivity contribution >= 4 is 5.82 Å². The summed E-state index contributed by atoms with van der Waals surface area (Å²) in [6.45, 7) is 4.01. The third-order valence-corrected chi connectivity index (χ3v) is 4.20. The summed E-state index contributed by atoms with van der Waals surface area (Å²) in [6, 6.07) is 4.22. The van der Waals surface area contributed by atoms with Crippen LogP contribution in [0.2, 0.25) is 0 Å². The molecule has 0 amide bonds. The number of hydrogen-bond donors (Lipinski definition) is 2. The van der Waals surface area contributed by atoms with Gasteiger partial charge in [0.1, 0.15) is 11.9 Å². The number of hydrogen-bond acceptors (Lipinski definition) is 5. The Hall–Kier alpha value is -1.38. The van der Waals surface area contributed by atoms with Gasteiger partial charge in [-0.15, -0.1) is 0 Å². The van der Waals surface area contributed by atoms with Crippen molar-refractivity contribution in [2.24, 2.45) is 0 Å². The normalized spacial score (nSPS) is 27.3. The molecule has 0 spiro atoms. The number of halogens is 3. The highest BCUT2D eigenvalue weighted by atomic mass is 19.4. The minimum atomic E-state index is -4.18. The van der Waals surface area contributed by atoms with E-state index in [4.69, 9.17) is 0 Å². The summed E-state index contributed by atoms with van der Waals surface area (Å²) in [4.78, 5) is 8.74. The minimum Gasteiger partial charge on any atom is -0.354 e. The smallest absolute Gasteiger partial charge is 0.354 e. The second-order valence-corrected chi connectivity index (χ2v) is 5.79. The number of nitrogens with zero attached hydrogens (tertiary/aromatic N) is 3. The average molecular weight is 315 g/mol. The summed E-state index contributed by atoms with van der Waals surface area (Å²) in [6.07, 6.45) is -2.32. The zero-order chi connectivity index (χ0) is 15.6. The number of piperazine rings is 1. The maximum Gasteiger partial charge on any atom is 0.405 e. The summed E-state index contributed by atoms with van der Waals surface area (Å²) >= 11 is 0. The fourth-order valence-corrected chi connectivity index (χ4v) is 2.97. The molecule has 2 saturated heterocycles. The Labute approximate surface area is 127 Å². The average Bonchev–Trinajstić information content (AvgIpc) is 2.98. The van der Waals surface area contributed by atoms with Crippen molar-refractivity contribution in [3.8, 4) is 0 Å². The number of anilines is 1. The standard InChI is InChI=1S/C14H20F3N5/c15-14(16,17)12-9-11(19-20-12)10-21-5-7-22(8-6-21)13-3-1-2-4-18-13/h1-4,11-12,19-20H,5-10H2. The van der Waals surface area contributed by atoms with Gasteiger partial charge in [-0.1, -0.05) is 6.07 Å². The molecule has 122 valence electrons. The molecule has 2 fully saturated rings. The number of aromatic nitrogens is 1. The minimum absolute atomic E-state index is 0.0873. The van der Waals surface area contributed by atoms with Crippen LogP contribution in [-0.4, -0.2) is 60.9 Å². The molecule has 3 heterocycles. The number of rotatable bonds is 3. The van der Waals surface area contributed by atoms with Gasteiger partial charge < -0.3 is 4.90 Å². The Morgan fingerprint density at radius 3 is 2.50 bits per heavy atom. The van der Waals surface area contributed by atoms with Gasteiger partial charge in [-0.3, -0.25) is 10.3 Å². The van der Waals surface area contributed by atoms with Crippen LogP contribution in [0, 0.1) is 0 Å². The first-order valence-electron chi connectivity index (χ1n) is 7.48. The molecule has 3 rings (SSSR count). The lowest BCUT2D eigenvalue weighted by Crippen LogP contribution is -2.50. The summed E-state index contributed by atoms with van der Waals surface area (Å²) < 4.78 is 37.9. The fraction of sp³-hybridized carbons (Fsp3) is 0.643. The predicted molar refractivity (Wildman–Crippen MR) is 77.4 cm³/mol. The second-order valence-electron chi connectivity index (χ2n) is 5.79. The van der Waals surface area contributed by atoms with Gasteiger partial charge in [0.15, 0.2) is 0 Å². The second kappa shape index (κ2) is 6.39. The van der Waals surface area contributed by atoms with E-state index in [2.05, 4.69) is 25.6 Å². The lowest BCUT2D eigenvalue weighted by molar-refractivity contribution is -0.153. The third kappa shape index (κ3) is 3.68. The first-order chi connectivity index (χ1) is 10.5. The van der Waals surface area contributed by atoms with Crippen LogP contribution >= 0.6 is 0 Å². The molecule has 0 radical (unpaired) electrons. The summed E-state index contributed by atoms with van der Waals surface area (Å²) in [5.74, 6) is 0.958. The van der Waals surface area contributed by atoms with Gasteiger partial charge in [-0.25, -0.2) is 10.4 Å². The molecule has 0 saturated carbocycles. The number of hydrazine groups is 1. The quantitative estimate of drug-likeness (QED) is 0.871. The molecule has 22 heavy (non-hydrogen) atoms. The van der Waals surface area contributed by atoms with Crippen molar-refractivity contribution in [2.45, 2.75) is 24.7 Å². The molecule has 1 aromatic rings. The SMILES string of the molecule is FC(F)(F)C1CC(CN2CCN(c3ccccn3)CC2)NN1. The Balaban J connectivity index is 1.45. The van der Waals surface area contributed by atoms with Gasteiger partial charge in [0.25, 0.3) is 0 Å². The van der Waals surface area contributed by atoms with Crippen molar-refractivity contribution in [3.63, 3.8) is 0 Å². The van der Waals surface area contributed by atoms with Crippen LogP contribution < -0.4 is 15.8 Å². The maximum atomic E-state index is 12.6. The fourth-order valence-electron chi connectivity index (χ4n) is 2.97. The molecular weight excluding hydrogens is 295 g/mol. The van der Waals surface area contributed by atoms with Crippen molar-refractivity contribution in [3.05, 3.63) is 24.4 Å². The van der Waals surface area contributed by atoms with Crippen LogP contribution in [0.1, 0.15) is 6.42 Å². The van der Waals surface area contributed by atoms with Gasteiger partial charge >= 0.3 is 6.18 Å². The van der Waals surface area contributed by atoms with E-state index in [0.29, 0.717) is 6.54 Å². The van der Waals surface area contributed by atoms with E-state index in [1.807, 2.05) is 18.2 Å². The van der Waals surface area contributed by atoms with Gasteiger partial charge in [0, 0.05) is 45.0 Å². The number of pyridine rings is 1. The van der Waals surface area contributed by atoms with E-state index in [1.54, 1.807) is 6.20 Å². The van der Waals surface area contributed by atoms with Gasteiger partial charge in [0.2, 0.25) is 0 Å². The zero-order valence-electron chi connectivity index (χ0n) is 12.2. The summed E-state index contributed by atoms with van der Waals surface area (Å²) in [5.41, 5.74) is 5.11. The zero-order valence-corrected chi connectivity index (χ0v) is 12.2. The van der Waals surface area contributed by atoms with Crippen molar-refractivity contribution in [1.82, 2.24) is 20.7 Å². The van der Waals surface area contributed by atoms with Crippen LogP contribution in [-0.2, 0) is 0 Å². The Morgan fingerprint density at radius 1 is 1.14 bits per heavy atom. The van der Waals surface area contributed by atoms with Crippen molar-refractivity contribution in [1.29, 1.82) is 0 Å². The maximum absolute atomic E-state index is 12.6. The Bertz CT molecular complexity index is 473. The molecule has 2 N–H and O–H groups in total. The molecule has 2 unspecified atom stereocenters. The van der Waals surface area contributed by atoms with E-state index >= 15 is 0 Å². The summed E-state index contributed by atoms with van der Waals surface area (Å²) in [7, 11) is 0. The predicted octanol–water partition coefficient (Wildman–Crippen LogP) is 1.00. The highest BCUT2D eigenvalue weighted by molar-refractivity contribution is 5.38. The van der Waals surface area contributed by atoms with E-state index in [-0.39, 0.29) is 12.5 Å². The van der Waals surface area contributed by atoms with E-state index in [9.17, 15) is 13.2 Å². The van der Waals surface area contributed by atoms with Crippen LogP contribution in [0.3, 0.4) is 0 Å². The van der Waals surface area contributed by atoms with E-state index in [0.717, 1.165) is 32.0 Å². The van der Waals surface area contributed by atoms with Crippen molar-refractivity contribution in [2.75, 3.05) is 37.6 Å². The molecule has 2 aliphatic rings. The Kier molecular flexibility index (Phi) is 4.51. The Morgan fingerprint density at radius 2 is 1.91 bits per heavy atom. The molecular formula is C14H20F3N5. The lowest BCUT2D eigenvalue weighted by atomic mass is 10.1. The number of alkyl halides is 3. The monoisotopic (exact) mass is 315 g/mol.